The Morgan fingerprint density at radius 2 is 2.08 bits per heavy atom. The third-order valence-electron chi connectivity index (χ3n) is 4.90. The van der Waals surface area contributed by atoms with Gasteiger partial charge in [0.05, 0.1) is 13.3 Å². The number of carbonyl (C=O) groups excluding carboxylic acids is 1. The number of rotatable bonds is 5. The summed E-state index contributed by atoms with van der Waals surface area (Å²) in [5.74, 6) is 0.755. The molecule has 1 aromatic carbocycles. The molecule has 0 aliphatic carbocycles. The maximum absolute atomic E-state index is 12.4. The van der Waals surface area contributed by atoms with E-state index in [1.54, 1.807) is 25.1 Å². The number of carbonyl (C=O) groups is 1. The zero-order valence-corrected chi connectivity index (χ0v) is 14.9. The highest BCUT2D eigenvalue weighted by molar-refractivity contribution is 7.99. The van der Waals surface area contributed by atoms with E-state index in [1.807, 2.05) is 36.4 Å². The van der Waals surface area contributed by atoms with Crippen LogP contribution in [0.5, 0.6) is 5.75 Å². The number of hydrogen-bond donors (Lipinski definition) is 2. The number of ether oxygens (including phenoxy) is 1. The van der Waals surface area contributed by atoms with Gasteiger partial charge in [0.15, 0.2) is 0 Å². The van der Waals surface area contributed by atoms with E-state index in [1.165, 1.54) is 12.8 Å². The average molecular weight is 355 g/mol. The largest absolute Gasteiger partial charge is 0.495 e. The van der Waals surface area contributed by atoms with Crippen molar-refractivity contribution >= 4 is 17.7 Å². The van der Waals surface area contributed by atoms with Crippen molar-refractivity contribution in [1.29, 1.82) is 0 Å². The van der Waals surface area contributed by atoms with E-state index in [0.29, 0.717) is 17.6 Å². The number of nitrogens with one attached hydrogen (secondary N) is 2. The minimum atomic E-state index is 0.0125. The summed E-state index contributed by atoms with van der Waals surface area (Å²) in [5, 5.41) is 7.61. The van der Waals surface area contributed by atoms with Crippen LogP contribution in [0, 0.1) is 0 Å². The van der Waals surface area contributed by atoms with Gasteiger partial charge in [0.25, 0.3) is 5.91 Å². The van der Waals surface area contributed by atoms with Crippen molar-refractivity contribution in [2.75, 3.05) is 7.11 Å². The van der Waals surface area contributed by atoms with Gasteiger partial charge in [-0.15, -0.1) is 0 Å². The van der Waals surface area contributed by atoms with Crippen LogP contribution in [0.4, 0.5) is 0 Å². The number of benzene rings is 1. The van der Waals surface area contributed by atoms with Gasteiger partial charge in [-0.3, -0.25) is 4.79 Å². The van der Waals surface area contributed by atoms with Crippen LogP contribution in [0.1, 0.15) is 29.6 Å². The molecule has 0 saturated carbocycles. The molecular weight excluding hydrogens is 334 g/mol. The lowest BCUT2D eigenvalue weighted by molar-refractivity contribution is 0.0931. The third-order valence-corrected chi connectivity index (χ3v) is 5.86. The second-order valence-corrected chi connectivity index (χ2v) is 7.62. The lowest BCUT2D eigenvalue weighted by Crippen LogP contribution is -2.42. The zero-order valence-electron chi connectivity index (χ0n) is 14.1. The van der Waals surface area contributed by atoms with E-state index < -0.39 is 0 Å². The first kappa shape index (κ1) is 16.4. The van der Waals surface area contributed by atoms with E-state index in [0.717, 1.165) is 22.1 Å². The first-order valence-electron chi connectivity index (χ1n) is 8.56. The highest BCUT2D eigenvalue weighted by Gasteiger charge is 2.39. The number of fused-ring (bicyclic) bond motifs is 2. The van der Waals surface area contributed by atoms with Gasteiger partial charge in [0.2, 0.25) is 0 Å². The summed E-state index contributed by atoms with van der Waals surface area (Å²) in [6.45, 7) is 0. The number of amides is 1. The summed E-state index contributed by atoms with van der Waals surface area (Å²) in [6, 6.07) is 12.8. The van der Waals surface area contributed by atoms with Gasteiger partial charge in [-0.05, 0) is 55.7 Å². The lowest BCUT2D eigenvalue weighted by Gasteiger charge is -2.21. The summed E-state index contributed by atoms with van der Waals surface area (Å²) < 4.78 is 5.11. The fraction of sp³-hybridized carbons (Fsp3) is 0.368. The Kier molecular flexibility index (Phi) is 4.63. The van der Waals surface area contributed by atoms with Crippen molar-refractivity contribution in [2.24, 2.45) is 0 Å². The smallest absolute Gasteiger partial charge is 0.251 e. The normalized spacial score (nSPS) is 24.3. The number of aromatic nitrogens is 1. The SMILES string of the molecule is COc1ccc(Sc2ccc(C(=O)NC3CC4CCC3N4)cc2)nc1. The summed E-state index contributed by atoms with van der Waals surface area (Å²) in [4.78, 5) is 17.8. The van der Waals surface area contributed by atoms with Crippen molar-refractivity contribution in [3.05, 3.63) is 48.2 Å². The Balaban J connectivity index is 1.36. The highest BCUT2D eigenvalue weighted by atomic mass is 32.2. The van der Waals surface area contributed by atoms with Crippen LogP contribution in [0.2, 0.25) is 0 Å². The van der Waals surface area contributed by atoms with Crippen molar-refractivity contribution in [2.45, 2.75) is 47.3 Å². The van der Waals surface area contributed by atoms with Gasteiger partial charge in [-0.25, -0.2) is 4.98 Å². The van der Waals surface area contributed by atoms with Crippen LogP contribution in [0.15, 0.2) is 52.5 Å². The zero-order chi connectivity index (χ0) is 17.2. The average Bonchev–Trinajstić information content (AvgIpc) is 3.26. The number of nitrogens with zero attached hydrogens (tertiary/aromatic N) is 1. The first-order chi connectivity index (χ1) is 12.2. The maximum Gasteiger partial charge on any atom is 0.251 e. The Morgan fingerprint density at radius 1 is 1.24 bits per heavy atom. The molecule has 2 bridgehead atoms. The van der Waals surface area contributed by atoms with Gasteiger partial charge >= 0.3 is 0 Å². The third kappa shape index (κ3) is 3.65. The van der Waals surface area contributed by atoms with Gasteiger partial charge in [0.1, 0.15) is 10.8 Å². The van der Waals surface area contributed by atoms with Gasteiger partial charge in [-0.1, -0.05) is 11.8 Å². The van der Waals surface area contributed by atoms with Crippen molar-refractivity contribution in [3.8, 4) is 5.75 Å². The fourth-order valence-electron chi connectivity index (χ4n) is 3.58. The molecule has 2 N–H and O–H groups in total. The van der Waals surface area contributed by atoms with E-state index in [4.69, 9.17) is 4.74 Å². The maximum atomic E-state index is 12.4. The number of hydrogen-bond acceptors (Lipinski definition) is 5. The first-order valence-corrected chi connectivity index (χ1v) is 9.38. The molecular formula is C19H21N3O2S. The molecule has 3 heterocycles. The van der Waals surface area contributed by atoms with E-state index in [9.17, 15) is 4.79 Å². The van der Waals surface area contributed by atoms with Gasteiger partial charge in [0, 0.05) is 28.6 Å². The van der Waals surface area contributed by atoms with E-state index >= 15 is 0 Å². The molecule has 2 aromatic rings. The second kappa shape index (κ2) is 7.06. The minimum absolute atomic E-state index is 0.0125. The molecule has 3 atom stereocenters. The summed E-state index contributed by atoms with van der Waals surface area (Å²) >= 11 is 1.56. The minimum Gasteiger partial charge on any atom is -0.495 e. The Bertz CT molecular complexity index is 748. The monoisotopic (exact) mass is 355 g/mol. The summed E-state index contributed by atoms with van der Waals surface area (Å²) in [6.07, 6.45) is 5.16. The molecule has 3 unspecified atom stereocenters. The van der Waals surface area contributed by atoms with Crippen LogP contribution in [0.25, 0.3) is 0 Å². The van der Waals surface area contributed by atoms with Crippen LogP contribution >= 0.6 is 11.8 Å². The Hall–Kier alpha value is -2.05. The number of pyridine rings is 1. The van der Waals surface area contributed by atoms with Crippen LogP contribution in [0.3, 0.4) is 0 Å². The van der Waals surface area contributed by atoms with Crippen molar-refractivity contribution < 1.29 is 9.53 Å². The molecule has 2 saturated heterocycles. The van der Waals surface area contributed by atoms with Gasteiger partial charge in [-0.2, -0.15) is 0 Å². The molecule has 0 radical (unpaired) electrons. The van der Waals surface area contributed by atoms with Crippen molar-refractivity contribution in [3.63, 3.8) is 0 Å². The highest BCUT2D eigenvalue weighted by Crippen LogP contribution is 2.29. The standard InChI is InChI=1S/C19H21N3O2S/c1-24-14-5-9-18(20-11-14)25-15-6-2-12(3-7-15)19(23)22-17-10-13-4-8-16(17)21-13/h2-3,5-7,9,11,13,16-17,21H,4,8,10H2,1H3,(H,22,23). The molecule has 130 valence electrons. The lowest BCUT2D eigenvalue weighted by atomic mass is 9.95. The predicted molar refractivity (Wildman–Crippen MR) is 97.2 cm³/mol. The number of methoxy groups -OCH3 is 1. The van der Waals surface area contributed by atoms with Gasteiger partial charge < -0.3 is 15.4 Å². The molecule has 5 nitrogen and oxygen atoms in total. The molecule has 1 aromatic heterocycles. The molecule has 2 aliphatic heterocycles. The summed E-state index contributed by atoms with van der Waals surface area (Å²) in [5.41, 5.74) is 0.704. The molecule has 25 heavy (non-hydrogen) atoms. The Labute approximate surface area is 151 Å². The van der Waals surface area contributed by atoms with Crippen LogP contribution in [-0.4, -0.2) is 36.1 Å². The predicted octanol–water partition coefficient (Wildman–Crippen LogP) is 2.86. The van der Waals surface area contributed by atoms with E-state index in [2.05, 4.69) is 15.6 Å². The quantitative estimate of drug-likeness (QED) is 0.863. The molecule has 1 amide bonds. The van der Waals surface area contributed by atoms with Crippen LogP contribution < -0.4 is 15.4 Å². The molecule has 0 spiro atoms. The van der Waals surface area contributed by atoms with Crippen LogP contribution in [-0.2, 0) is 0 Å². The molecule has 2 aliphatic rings. The summed E-state index contributed by atoms with van der Waals surface area (Å²) in [7, 11) is 1.63. The fourth-order valence-corrected chi connectivity index (χ4v) is 4.33. The van der Waals surface area contributed by atoms with Crippen molar-refractivity contribution in [1.82, 2.24) is 15.6 Å². The topological polar surface area (TPSA) is 63.2 Å². The molecule has 4 rings (SSSR count). The molecule has 2 fully saturated rings. The second-order valence-electron chi connectivity index (χ2n) is 6.53. The molecule has 6 heteroatoms. The Morgan fingerprint density at radius 3 is 2.68 bits per heavy atom. The van der Waals surface area contributed by atoms with E-state index in [-0.39, 0.29) is 11.9 Å².